The third-order valence-corrected chi connectivity index (χ3v) is 3.70. The van der Waals surface area contributed by atoms with Gasteiger partial charge >= 0.3 is 5.97 Å². The first-order valence-corrected chi connectivity index (χ1v) is 7.57. The van der Waals surface area contributed by atoms with E-state index in [0.29, 0.717) is 16.8 Å². The molecule has 3 aromatic rings. The Morgan fingerprint density at radius 2 is 1.64 bits per heavy atom. The zero-order valence-electron chi connectivity index (χ0n) is 13.7. The van der Waals surface area contributed by atoms with Gasteiger partial charge in [0, 0.05) is 29.1 Å². The van der Waals surface area contributed by atoms with E-state index in [1.54, 1.807) is 37.4 Å². The lowest BCUT2D eigenvalue weighted by Crippen LogP contribution is -2.17. The number of aromatic nitrogens is 2. The molecule has 0 saturated heterocycles. The van der Waals surface area contributed by atoms with Crippen LogP contribution >= 0.6 is 0 Å². The van der Waals surface area contributed by atoms with Gasteiger partial charge in [0.15, 0.2) is 11.5 Å². The molecule has 2 aromatic carbocycles. The van der Waals surface area contributed by atoms with E-state index in [1.165, 1.54) is 7.11 Å². The van der Waals surface area contributed by atoms with Gasteiger partial charge in [0.05, 0.1) is 7.11 Å². The predicted molar refractivity (Wildman–Crippen MR) is 94.0 cm³/mol. The molecule has 1 heterocycles. The molecule has 25 heavy (non-hydrogen) atoms. The van der Waals surface area contributed by atoms with Crippen LogP contribution in [0.15, 0.2) is 48.5 Å². The molecule has 7 heteroatoms. The van der Waals surface area contributed by atoms with Crippen molar-refractivity contribution in [3.8, 4) is 0 Å². The minimum absolute atomic E-state index is 0.153. The molecule has 0 radical (unpaired) electrons. The van der Waals surface area contributed by atoms with Gasteiger partial charge in [-0.3, -0.25) is 4.79 Å². The smallest absolute Gasteiger partial charge is 0.359 e. The molecule has 7 nitrogen and oxygen atoms in total. The zero-order valence-corrected chi connectivity index (χ0v) is 13.7. The highest BCUT2D eigenvalue weighted by molar-refractivity contribution is 6.05. The molecule has 0 unspecified atom stereocenters. The topological polar surface area (TPSA) is 93.2 Å². The number of carbonyl (C=O) groups is 2. The summed E-state index contributed by atoms with van der Waals surface area (Å²) >= 11 is 0. The van der Waals surface area contributed by atoms with Crippen LogP contribution in [0.25, 0.3) is 10.8 Å². The Hall–Kier alpha value is -3.48. The fraction of sp³-hybridized carbons (Fsp3) is 0.111. The molecule has 0 saturated carbocycles. The molecule has 2 N–H and O–H groups in total. The second-order valence-electron chi connectivity index (χ2n) is 5.22. The second-order valence-corrected chi connectivity index (χ2v) is 5.22. The molecule has 1 aromatic heterocycles. The van der Waals surface area contributed by atoms with Gasteiger partial charge in [-0.2, -0.15) is 0 Å². The minimum atomic E-state index is -0.537. The number of carbonyl (C=O) groups excluding carboxylic acids is 2. The Morgan fingerprint density at radius 1 is 0.960 bits per heavy atom. The van der Waals surface area contributed by atoms with Crippen molar-refractivity contribution in [2.45, 2.75) is 0 Å². The SMILES string of the molecule is CNC(=O)c1ccc(Nc2nnc(C(=O)OC)c3ccccc23)cc1. The van der Waals surface area contributed by atoms with Gasteiger partial charge in [0.2, 0.25) is 0 Å². The largest absolute Gasteiger partial charge is 0.464 e. The number of ether oxygens (including phenoxy) is 1. The summed E-state index contributed by atoms with van der Waals surface area (Å²) in [6.45, 7) is 0. The molecule has 1 amide bonds. The Balaban J connectivity index is 1.97. The predicted octanol–water partition coefficient (Wildman–Crippen LogP) is 2.52. The molecular weight excluding hydrogens is 320 g/mol. The van der Waals surface area contributed by atoms with Crippen molar-refractivity contribution < 1.29 is 14.3 Å². The summed E-state index contributed by atoms with van der Waals surface area (Å²) < 4.78 is 4.75. The van der Waals surface area contributed by atoms with Crippen LogP contribution in [0.2, 0.25) is 0 Å². The zero-order chi connectivity index (χ0) is 17.8. The lowest BCUT2D eigenvalue weighted by molar-refractivity contribution is 0.0595. The number of anilines is 2. The number of fused-ring (bicyclic) bond motifs is 1. The molecule has 0 aliphatic carbocycles. The van der Waals surface area contributed by atoms with E-state index < -0.39 is 5.97 Å². The standard InChI is InChI=1S/C18H16N4O3/c1-19-17(23)11-7-9-12(10-8-11)20-16-14-6-4-3-5-13(14)15(21-22-16)18(24)25-2/h3-10H,1-2H3,(H,19,23)(H,20,22). The maximum absolute atomic E-state index is 11.8. The van der Waals surface area contributed by atoms with E-state index in [-0.39, 0.29) is 11.6 Å². The molecule has 0 fully saturated rings. The Bertz CT molecular complexity index is 939. The molecule has 0 aliphatic rings. The van der Waals surface area contributed by atoms with Crippen LogP contribution < -0.4 is 10.6 Å². The molecule has 0 bridgehead atoms. The summed E-state index contributed by atoms with van der Waals surface area (Å²) in [4.78, 5) is 23.4. The van der Waals surface area contributed by atoms with E-state index in [4.69, 9.17) is 4.74 Å². The maximum atomic E-state index is 11.8. The van der Waals surface area contributed by atoms with E-state index in [2.05, 4.69) is 20.8 Å². The monoisotopic (exact) mass is 336 g/mol. The summed E-state index contributed by atoms with van der Waals surface area (Å²) in [5, 5.41) is 15.2. The summed E-state index contributed by atoms with van der Waals surface area (Å²) in [6, 6.07) is 14.3. The fourth-order valence-corrected chi connectivity index (χ4v) is 2.43. The number of benzene rings is 2. The molecule has 0 aliphatic heterocycles. The van der Waals surface area contributed by atoms with Gasteiger partial charge < -0.3 is 15.4 Å². The number of hydrogen-bond acceptors (Lipinski definition) is 6. The normalized spacial score (nSPS) is 10.3. The van der Waals surface area contributed by atoms with Gasteiger partial charge in [0.25, 0.3) is 5.91 Å². The fourth-order valence-electron chi connectivity index (χ4n) is 2.43. The average Bonchev–Trinajstić information content (AvgIpc) is 2.67. The number of esters is 1. The average molecular weight is 336 g/mol. The van der Waals surface area contributed by atoms with Crippen LogP contribution in [-0.4, -0.2) is 36.2 Å². The van der Waals surface area contributed by atoms with Gasteiger partial charge in [-0.05, 0) is 24.3 Å². The van der Waals surface area contributed by atoms with Gasteiger partial charge in [0.1, 0.15) is 0 Å². The van der Waals surface area contributed by atoms with E-state index in [0.717, 1.165) is 11.1 Å². The van der Waals surface area contributed by atoms with Crippen LogP contribution in [0.1, 0.15) is 20.8 Å². The van der Waals surface area contributed by atoms with Gasteiger partial charge in [-0.25, -0.2) is 4.79 Å². The molecule has 0 atom stereocenters. The minimum Gasteiger partial charge on any atom is -0.464 e. The maximum Gasteiger partial charge on any atom is 0.359 e. The van der Waals surface area contributed by atoms with Crippen LogP contribution in [0.5, 0.6) is 0 Å². The van der Waals surface area contributed by atoms with E-state index in [1.807, 2.05) is 18.2 Å². The molecule has 126 valence electrons. The Morgan fingerprint density at radius 3 is 2.28 bits per heavy atom. The summed E-state index contributed by atoms with van der Waals surface area (Å²) in [6.07, 6.45) is 0. The van der Waals surface area contributed by atoms with Crippen LogP contribution in [0, 0.1) is 0 Å². The van der Waals surface area contributed by atoms with Crippen LogP contribution in [0.3, 0.4) is 0 Å². The van der Waals surface area contributed by atoms with Crippen molar-refractivity contribution in [2.75, 3.05) is 19.5 Å². The quantitative estimate of drug-likeness (QED) is 0.711. The van der Waals surface area contributed by atoms with Crippen molar-refractivity contribution in [3.63, 3.8) is 0 Å². The van der Waals surface area contributed by atoms with Gasteiger partial charge in [-0.15, -0.1) is 10.2 Å². The van der Waals surface area contributed by atoms with E-state index in [9.17, 15) is 9.59 Å². The number of methoxy groups -OCH3 is 1. The number of nitrogens with one attached hydrogen (secondary N) is 2. The summed E-state index contributed by atoms with van der Waals surface area (Å²) in [5.74, 6) is -0.180. The third kappa shape index (κ3) is 3.25. The number of rotatable bonds is 4. The highest BCUT2D eigenvalue weighted by Crippen LogP contribution is 2.26. The molecule has 0 spiro atoms. The third-order valence-electron chi connectivity index (χ3n) is 3.70. The molecule has 3 rings (SSSR count). The first-order chi connectivity index (χ1) is 12.1. The second kappa shape index (κ2) is 6.96. The van der Waals surface area contributed by atoms with Crippen molar-refractivity contribution in [1.29, 1.82) is 0 Å². The number of hydrogen-bond donors (Lipinski definition) is 2. The Kier molecular flexibility index (Phi) is 4.56. The van der Waals surface area contributed by atoms with Crippen molar-refractivity contribution in [3.05, 3.63) is 59.8 Å². The Labute approximate surface area is 144 Å². The summed E-state index contributed by atoms with van der Waals surface area (Å²) in [7, 11) is 2.89. The van der Waals surface area contributed by atoms with Crippen molar-refractivity contribution in [1.82, 2.24) is 15.5 Å². The highest BCUT2D eigenvalue weighted by Gasteiger charge is 2.15. The lowest BCUT2D eigenvalue weighted by atomic mass is 10.1. The highest BCUT2D eigenvalue weighted by atomic mass is 16.5. The van der Waals surface area contributed by atoms with Crippen LogP contribution in [-0.2, 0) is 4.74 Å². The van der Waals surface area contributed by atoms with Crippen molar-refractivity contribution >= 4 is 34.2 Å². The first-order valence-electron chi connectivity index (χ1n) is 7.57. The van der Waals surface area contributed by atoms with Gasteiger partial charge in [-0.1, -0.05) is 24.3 Å². The summed E-state index contributed by atoms with van der Waals surface area (Å²) in [5.41, 5.74) is 1.47. The molecular formula is C18H16N4O3. The number of nitrogens with zero attached hydrogens (tertiary/aromatic N) is 2. The van der Waals surface area contributed by atoms with E-state index >= 15 is 0 Å². The lowest BCUT2D eigenvalue weighted by Gasteiger charge is -2.10. The van der Waals surface area contributed by atoms with Crippen molar-refractivity contribution in [2.24, 2.45) is 0 Å². The first kappa shape index (κ1) is 16.4. The van der Waals surface area contributed by atoms with Crippen LogP contribution in [0.4, 0.5) is 11.5 Å². The number of amides is 1.